The van der Waals surface area contributed by atoms with Crippen LogP contribution in [0.2, 0.25) is 0 Å². The van der Waals surface area contributed by atoms with Gasteiger partial charge in [-0.05, 0) is 11.1 Å². The number of halogens is 3. The predicted octanol–water partition coefficient (Wildman–Crippen LogP) is 0.857. The third-order valence-corrected chi connectivity index (χ3v) is 7.86. The van der Waals surface area contributed by atoms with Crippen LogP contribution in [0.15, 0.2) is 67.0 Å². The van der Waals surface area contributed by atoms with Crippen LogP contribution in [-0.2, 0) is 9.53 Å². The number of aliphatic hydroxyl groups excluding tert-OH is 5. The van der Waals surface area contributed by atoms with Crippen molar-refractivity contribution in [3.63, 3.8) is 0 Å². The molecule has 17 heteroatoms. The van der Waals surface area contributed by atoms with Gasteiger partial charge in [0, 0.05) is 25.6 Å². The van der Waals surface area contributed by atoms with Crippen molar-refractivity contribution in [2.24, 2.45) is 0 Å². The van der Waals surface area contributed by atoms with Crippen LogP contribution in [0.1, 0.15) is 23.3 Å². The second-order valence-corrected chi connectivity index (χ2v) is 11.0. The van der Waals surface area contributed by atoms with Gasteiger partial charge in [-0.25, -0.2) is 9.78 Å². The second kappa shape index (κ2) is 14.2. The van der Waals surface area contributed by atoms with E-state index in [4.69, 9.17) is 19.6 Å². The number of aromatic nitrogens is 4. The molecule has 0 amide bonds. The van der Waals surface area contributed by atoms with E-state index in [2.05, 4.69) is 39.6 Å². The molecule has 2 aliphatic heterocycles. The van der Waals surface area contributed by atoms with Crippen molar-refractivity contribution < 1.29 is 53.3 Å². The lowest BCUT2D eigenvalue weighted by Gasteiger charge is -2.21. The van der Waals surface area contributed by atoms with Gasteiger partial charge in [0.05, 0.1) is 25.1 Å². The number of hydrogen-bond donors (Lipinski definition) is 7. The maximum Gasteiger partial charge on any atom is 0.490 e. The van der Waals surface area contributed by atoms with Crippen molar-refractivity contribution in [1.82, 2.24) is 19.5 Å². The number of carboxylic acids is 1. The summed E-state index contributed by atoms with van der Waals surface area (Å²) < 4.78 is 39.0. The van der Waals surface area contributed by atoms with Gasteiger partial charge in [0.2, 0.25) is 5.95 Å². The zero-order chi connectivity index (χ0) is 33.9. The SMILES string of the molecule is O=C(O)C(F)(F)F.OC[C@H]1O[C@@H](n2cnc3c(NCC(c4ccccc4)c4ccccc4)nc(N4C[C@H](O)[C@@H](O)C4)nc32)[C@H](O)[C@@H]1O. The Bertz CT molecular complexity index is 1600. The summed E-state index contributed by atoms with van der Waals surface area (Å²) in [7, 11) is 0. The first kappa shape index (κ1) is 34.0. The van der Waals surface area contributed by atoms with Crippen LogP contribution in [0.5, 0.6) is 0 Å². The first-order valence-corrected chi connectivity index (χ1v) is 14.5. The van der Waals surface area contributed by atoms with Crippen molar-refractivity contribution in [3.8, 4) is 0 Å². The highest BCUT2D eigenvalue weighted by atomic mass is 19.4. The summed E-state index contributed by atoms with van der Waals surface area (Å²) >= 11 is 0. The third-order valence-electron chi connectivity index (χ3n) is 7.86. The van der Waals surface area contributed by atoms with Crippen LogP contribution in [0.3, 0.4) is 0 Å². The summed E-state index contributed by atoms with van der Waals surface area (Å²) in [5.41, 5.74) is 2.99. The maximum absolute atomic E-state index is 10.7. The van der Waals surface area contributed by atoms with Crippen molar-refractivity contribution in [3.05, 3.63) is 78.1 Å². The number of ether oxygens (including phenoxy) is 1. The Morgan fingerprint density at radius 2 is 1.49 bits per heavy atom. The highest BCUT2D eigenvalue weighted by molar-refractivity contribution is 5.84. The van der Waals surface area contributed by atoms with Gasteiger partial charge in [-0.1, -0.05) is 60.7 Å². The lowest BCUT2D eigenvalue weighted by atomic mass is 9.91. The number of anilines is 2. The minimum atomic E-state index is -5.08. The van der Waals surface area contributed by atoms with Crippen LogP contribution < -0.4 is 10.2 Å². The van der Waals surface area contributed by atoms with E-state index in [1.165, 1.54) is 10.9 Å². The predicted molar refractivity (Wildman–Crippen MR) is 159 cm³/mol. The number of β-amino-alcohol motifs (C(OH)–C–C–N with tert-alkyl or cyclic N) is 2. The third kappa shape index (κ3) is 7.45. The Labute approximate surface area is 265 Å². The van der Waals surface area contributed by atoms with E-state index in [9.17, 15) is 38.7 Å². The van der Waals surface area contributed by atoms with E-state index in [1.807, 2.05) is 36.4 Å². The van der Waals surface area contributed by atoms with Crippen molar-refractivity contribution in [2.75, 3.05) is 36.5 Å². The molecule has 4 aromatic rings. The number of imidazole rings is 1. The molecular weight excluding hydrogens is 629 g/mol. The van der Waals surface area contributed by atoms with Gasteiger partial charge in [-0.3, -0.25) is 4.57 Å². The molecule has 0 bridgehead atoms. The molecule has 2 fully saturated rings. The quantitative estimate of drug-likeness (QED) is 0.140. The number of nitrogens with one attached hydrogen (secondary N) is 1. The van der Waals surface area contributed by atoms with Gasteiger partial charge in [-0.2, -0.15) is 23.1 Å². The van der Waals surface area contributed by atoms with Crippen molar-refractivity contribution in [2.45, 2.75) is 48.8 Å². The summed E-state index contributed by atoms with van der Waals surface area (Å²) in [5.74, 6) is -2.07. The number of hydrogen-bond acceptors (Lipinski definition) is 12. The number of aliphatic carboxylic acids is 1. The summed E-state index contributed by atoms with van der Waals surface area (Å²) in [5, 5.41) is 61.4. The highest BCUT2D eigenvalue weighted by Gasteiger charge is 2.44. The van der Waals surface area contributed by atoms with Gasteiger partial charge in [0.15, 0.2) is 23.2 Å². The largest absolute Gasteiger partial charge is 0.490 e. The molecule has 252 valence electrons. The molecule has 6 rings (SSSR count). The molecular formula is C30H33F3N6O8. The molecule has 2 aromatic heterocycles. The van der Waals surface area contributed by atoms with Crippen LogP contribution in [0.25, 0.3) is 11.2 Å². The van der Waals surface area contributed by atoms with E-state index < -0.39 is 55.5 Å². The Hall–Kier alpha value is -4.39. The summed E-state index contributed by atoms with van der Waals surface area (Å²) in [4.78, 5) is 24.5. The fourth-order valence-corrected chi connectivity index (χ4v) is 5.40. The molecule has 6 atom stereocenters. The fourth-order valence-electron chi connectivity index (χ4n) is 5.40. The molecule has 0 spiro atoms. The van der Waals surface area contributed by atoms with Crippen LogP contribution in [0.4, 0.5) is 24.9 Å². The number of alkyl halides is 3. The average molecular weight is 663 g/mol. The molecule has 0 unspecified atom stereocenters. The van der Waals surface area contributed by atoms with Gasteiger partial charge >= 0.3 is 12.1 Å². The normalized spacial score (nSPS) is 24.4. The molecule has 7 N–H and O–H groups in total. The number of benzene rings is 2. The Morgan fingerprint density at radius 1 is 0.936 bits per heavy atom. The molecule has 2 saturated heterocycles. The number of rotatable bonds is 8. The highest BCUT2D eigenvalue weighted by Crippen LogP contribution is 2.34. The minimum Gasteiger partial charge on any atom is -0.475 e. The van der Waals surface area contributed by atoms with Gasteiger partial charge < -0.3 is 45.6 Å². The number of carboxylic acid groups (broad SMARTS) is 1. The molecule has 0 saturated carbocycles. The summed E-state index contributed by atoms with van der Waals surface area (Å²) in [6.07, 6.45) is -10.1. The molecule has 0 aliphatic carbocycles. The van der Waals surface area contributed by atoms with Gasteiger partial charge in [-0.15, -0.1) is 0 Å². The van der Waals surface area contributed by atoms with E-state index in [0.29, 0.717) is 23.5 Å². The first-order valence-electron chi connectivity index (χ1n) is 14.5. The molecule has 2 aliphatic rings. The molecule has 0 radical (unpaired) electrons. The zero-order valence-corrected chi connectivity index (χ0v) is 24.6. The van der Waals surface area contributed by atoms with E-state index in [1.54, 1.807) is 4.90 Å². The van der Waals surface area contributed by atoms with Crippen molar-refractivity contribution in [1.29, 1.82) is 0 Å². The minimum absolute atomic E-state index is 0.00571. The van der Waals surface area contributed by atoms with Crippen LogP contribution in [0, 0.1) is 0 Å². The second-order valence-electron chi connectivity index (χ2n) is 11.0. The molecule has 47 heavy (non-hydrogen) atoms. The van der Waals surface area contributed by atoms with E-state index in [-0.39, 0.29) is 25.0 Å². The number of nitrogens with zero attached hydrogens (tertiary/aromatic N) is 5. The standard InChI is InChI=1S/C28H32N6O6.C2HF3O2/c35-14-21-23(38)24(39)27(40-21)34-15-30-22-25(31-28(32-26(22)34)33-12-19(36)20(37)13-33)29-11-18(16-7-3-1-4-8-16)17-9-5-2-6-10-17;3-2(4,5)1(6)7/h1-10,15,18-21,23-24,27,35-39H,11-14H2,(H,29,31,32);(H,6,7)/t19-,20-,21+,23+,24+,27+;/m0./s1. The lowest BCUT2D eigenvalue weighted by molar-refractivity contribution is -0.192. The topological polar surface area (TPSA) is 207 Å². The van der Waals surface area contributed by atoms with Crippen LogP contribution in [-0.4, -0.2) is 119 Å². The molecule has 4 heterocycles. The summed E-state index contributed by atoms with van der Waals surface area (Å²) in [6, 6.07) is 20.2. The Balaban J connectivity index is 0.000000559. The molecule has 2 aromatic carbocycles. The maximum atomic E-state index is 10.7. The fraction of sp³-hybridized carbons (Fsp3) is 0.400. The van der Waals surface area contributed by atoms with E-state index >= 15 is 0 Å². The Kier molecular flexibility index (Phi) is 10.2. The van der Waals surface area contributed by atoms with Crippen molar-refractivity contribution >= 4 is 28.9 Å². The average Bonchev–Trinajstić information content (AvgIpc) is 3.72. The monoisotopic (exact) mass is 662 g/mol. The van der Waals surface area contributed by atoms with Crippen LogP contribution >= 0.6 is 0 Å². The number of carbonyl (C=O) groups is 1. The summed E-state index contributed by atoms with van der Waals surface area (Å²) in [6.45, 7) is 0.305. The first-order chi connectivity index (χ1) is 22.4. The zero-order valence-electron chi connectivity index (χ0n) is 24.6. The van der Waals surface area contributed by atoms with Gasteiger partial charge in [0.1, 0.15) is 18.3 Å². The number of fused-ring (bicyclic) bond motifs is 1. The van der Waals surface area contributed by atoms with E-state index in [0.717, 1.165) is 11.1 Å². The van der Waals surface area contributed by atoms with Gasteiger partial charge in [0.25, 0.3) is 0 Å². The Morgan fingerprint density at radius 3 is 1.98 bits per heavy atom. The number of aliphatic hydroxyl groups is 5. The smallest absolute Gasteiger partial charge is 0.475 e. The lowest BCUT2D eigenvalue weighted by Crippen LogP contribution is -2.33. The molecule has 14 nitrogen and oxygen atoms in total.